The van der Waals surface area contributed by atoms with Gasteiger partial charge >= 0.3 is 0 Å². The molecule has 1 aromatic rings. The number of hydrogen-bond donors (Lipinski definition) is 0. The monoisotopic (exact) mass is 328 g/mol. The quantitative estimate of drug-likeness (QED) is 0.745. The Labute approximate surface area is 107 Å². The molecule has 16 heavy (non-hydrogen) atoms. The lowest BCUT2D eigenvalue weighted by molar-refractivity contribution is 0.0982. The van der Waals surface area contributed by atoms with E-state index in [9.17, 15) is 9.59 Å². The summed E-state index contributed by atoms with van der Waals surface area (Å²) in [7, 11) is 1.50. The summed E-state index contributed by atoms with van der Waals surface area (Å²) >= 11 is 2.08. The standard InChI is InChI=1S/C12H9IO3/c1-6-5-9(14)10-7(11(6)15)3-4-8(13)12(10)16-2/h3-5H,1-2H3. The van der Waals surface area contributed by atoms with Gasteiger partial charge in [-0.15, -0.1) is 0 Å². The van der Waals surface area contributed by atoms with Crippen molar-refractivity contribution in [1.29, 1.82) is 0 Å². The third-order valence-corrected chi connectivity index (χ3v) is 3.36. The molecule has 0 radical (unpaired) electrons. The second kappa shape index (κ2) is 4.01. The zero-order chi connectivity index (χ0) is 11.9. The molecule has 0 N–H and O–H groups in total. The zero-order valence-electron chi connectivity index (χ0n) is 8.83. The van der Waals surface area contributed by atoms with Crippen LogP contribution in [0.4, 0.5) is 0 Å². The van der Waals surface area contributed by atoms with Crippen molar-refractivity contribution in [2.45, 2.75) is 6.92 Å². The van der Waals surface area contributed by atoms with E-state index in [1.807, 2.05) is 0 Å². The van der Waals surface area contributed by atoms with Crippen LogP contribution in [-0.2, 0) is 0 Å². The topological polar surface area (TPSA) is 43.4 Å². The predicted octanol–water partition coefficient (Wildman–Crippen LogP) is 2.63. The molecular weight excluding hydrogens is 319 g/mol. The molecule has 0 saturated carbocycles. The van der Waals surface area contributed by atoms with E-state index in [0.29, 0.717) is 22.4 Å². The summed E-state index contributed by atoms with van der Waals surface area (Å²) in [6.45, 7) is 1.65. The summed E-state index contributed by atoms with van der Waals surface area (Å²) in [5, 5.41) is 0. The van der Waals surface area contributed by atoms with Crippen molar-refractivity contribution >= 4 is 34.2 Å². The first kappa shape index (κ1) is 11.3. The number of halogens is 1. The number of ether oxygens (including phenoxy) is 1. The van der Waals surface area contributed by atoms with Gasteiger partial charge in [0.2, 0.25) is 0 Å². The van der Waals surface area contributed by atoms with E-state index in [1.54, 1.807) is 19.1 Å². The second-order valence-corrected chi connectivity index (χ2v) is 4.69. The molecule has 3 nitrogen and oxygen atoms in total. The number of fused-ring (bicyclic) bond motifs is 1. The van der Waals surface area contributed by atoms with Crippen molar-refractivity contribution < 1.29 is 14.3 Å². The van der Waals surface area contributed by atoms with Gasteiger partial charge in [-0.1, -0.05) is 0 Å². The van der Waals surface area contributed by atoms with Gasteiger partial charge in [0.15, 0.2) is 11.6 Å². The molecule has 0 unspecified atom stereocenters. The molecule has 0 heterocycles. The lowest BCUT2D eigenvalue weighted by atomic mass is 9.90. The minimum Gasteiger partial charge on any atom is -0.495 e. The summed E-state index contributed by atoms with van der Waals surface area (Å²) in [5.41, 5.74) is 1.29. The van der Waals surface area contributed by atoms with E-state index < -0.39 is 0 Å². The molecular formula is C12H9IO3. The molecule has 0 aromatic heterocycles. The number of methoxy groups -OCH3 is 1. The molecule has 0 atom stereocenters. The SMILES string of the molecule is COc1c(I)ccc2c1C(=O)C=C(C)C2=O. The van der Waals surface area contributed by atoms with Crippen molar-refractivity contribution in [3.8, 4) is 5.75 Å². The number of allylic oxidation sites excluding steroid dienone is 2. The Morgan fingerprint density at radius 2 is 1.94 bits per heavy atom. The first-order valence-electron chi connectivity index (χ1n) is 4.70. The van der Waals surface area contributed by atoms with Crippen molar-refractivity contribution in [3.63, 3.8) is 0 Å². The van der Waals surface area contributed by atoms with Gasteiger partial charge in [0.25, 0.3) is 0 Å². The van der Waals surface area contributed by atoms with Crippen LogP contribution in [0.5, 0.6) is 5.75 Å². The fourth-order valence-corrected chi connectivity index (χ4v) is 2.41. The first-order valence-corrected chi connectivity index (χ1v) is 5.78. The third kappa shape index (κ3) is 1.57. The molecule has 0 spiro atoms. The molecule has 1 aliphatic carbocycles. The Kier molecular flexibility index (Phi) is 2.84. The smallest absolute Gasteiger partial charge is 0.190 e. The summed E-state index contributed by atoms with van der Waals surface area (Å²) in [6.07, 6.45) is 1.36. The van der Waals surface area contributed by atoms with Crippen LogP contribution in [0, 0.1) is 3.57 Å². The van der Waals surface area contributed by atoms with Crippen molar-refractivity contribution in [3.05, 3.63) is 38.5 Å². The highest BCUT2D eigenvalue weighted by atomic mass is 127. The average molecular weight is 328 g/mol. The number of Topliss-reactive ketones (excluding diaryl/α,β-unsaturated/α-hetero) is 1. The Balaban J connectivity index is 2.77. The van der Waals surface area contributed by atoms with E-state index in [1.165, 1.54) is 13.2 Å². The first-order chi connectivity index (χ1) is 7.56. The van der Waals surface area contributed by atoms with Crippen LogP contribution in [0.3, 0.4) is 0 Å². The van der Waals surface area contributed by atoms with Crippen LogP contribution in [0.2, 0.25) is 0 Å². The highest BCUT2D eigenvalue weighted by Gasteiger charge is 2.27. The normalized spacial score (nSPS) is 14.6. The summed E-state index contributed by atoms with van der Waals surface area (Å²) < 4.78 is 6.01. The van der Waals surface area contributed by atoms with Crippen LogP contribution in [0.1, 0.15) is 27.6 Å². The van der Waals surface area contributed by atoms with Gasteiger partial charge in [-0.2, -0.15) is 0 Å². The largest absolute Gasteiger partial charge is 0.495 e. The second-order valence-electron chi connectivity index (χ2n) is 3.52. The Bertz CT molecular complexity index is 529. The van der Waals surface area contributed by atoms with Gasteiger partial charge in [-0.3, -0.25) is 9.59 Å². The number of carbonyl (C=O) groups is 2. The predicted molar refractivity (Wildman–Crippen MR) is 68.1 cm³/mol. The number of carbonyl (C=O) groups excluding carboxylic acids is 2. The summed E-state index contributed by atoms with van der Waals surface area (Å²) in [5.74, 6) is 0.215. The van der Waals surface area contributed by atoms with Gasteiger partial charge in [0, 0.05) is 11.1 Å². The van der Waals surface area contributed by atoms with E-state index >= 15 is 0 Å². The fourth-order valence-electron chi connectivity index (χ4n) is 1.74. The van der Waals surface area contributed by atoms with E-state index in [0.717, 1.165) is 3.57 Å². The Hall–Kier alpha value is -1.17. The van der Waals surface area contributed by atoms with Crippen LogP contribution >= 0.6 is 22.6 Å². The van der Waals surface area contributed by atoms with E-state index in [-0.39, 0.29) is 11.6 Å². The average Bonchev–Trinajstić information content (AvgIpc) is 2.25. The maximum Gasteiger partial charge on any atom is 0.190 e. The van der Waals surface area contributed by atoms with Crippen molar-refractivity contribution in [2.75, 3.05) is 7.11 Å². The summed E-state index contributed by atoms with van der Waals surface area (Å²) in [4.78, 5) is 23.7. The van der Waals surface area contributed by atoms with Gasteiger partial charge in [-0.05, 0) is 47.7 Å². The Morgan fingerprint density at radius 1 is 1.25 bits per heavy atom. The molecule has 0 bridgehead atoms. The molecule has 1 aliphatic rings. The minimum absolute atomic E-state index is 0.107. The maximum atomic E-state index is 11.9. The molecule has 0 saturated heterocycles. The van der Waals surface area contributed by atoms with Crippen molar-refractivity contribution in [2.24, 2.45) is 0 Å². The van der Waals surface area contributed by atoms with Crippen molar-refractivity contribution in [1.82, 2.24) is 0 Å². The number of hydrogen-bond acceptors (Lipinski definition) is 3. The molecule has 0 fully saturated rings. The molecule has 0 aliphatic heterocycles. The van der Waals surface area contributed by atoms with Crippen LogP contribution in [0.25, 0.3) is 0 Å². The zero-order valence-corrected chi connectivity index (χ0v) is 11.0. The van der Waals surface area contributed by atoms with Crippen LogP contribution < -0.4 is 4.74 Å². The van der Waals surface area contributed by atoms with Gasteiger partial charge in [0.05, 0.1) is 16.2 Å². The third-order valence-electron chi connectivity index (χ3n) is 2.51. The number of ketones is 2. The lowest BCUT2D eigenvalue weighted by Gasteiger charge is -2.16. The van der Waals surface area contributed by atoms with Crippen LogP contribution in [0.15, 0.2) is 23.8 Å². The molecule has 4 heteroatoms. The van der Waals surface area contributed by atoms with E-state index in [4.69, 9.17) is 4.74 Å². The van der Waals surface area contributed by atoms with E-state index in [2.05, 4.69) is 22.6 Å². The van der Waals surface area contributed by atoms with Gasteiger partial charge in [0.1, 0.15) is 5.75 Å². The fraction of sp³-hybridized carbons (Fsp3) is 0.167. The molecule has 2 rings (SSSR count). The molecule has 82 valence electrons. The number of benzene rings is 1. The Morgan fingerprint density at radius 3 is 2.56 bits per heavy atom. The van der Waals surface area contributed by atoms with Crippen LogP contribution in [-0.4, -0.2) is 18.7 Å². The maximum absolute atomic E-state index is 11.9. The van der Waals surface area contributed by atoms with Gasteiger partial charge in [-0.25, -0.2) is 0 Å². The minimum atomic E-state index is -0.164. The summed E-state index contributed by atoms with van der Waals surface area (Å²) in [6, 6.07) is 3.46. The lowest BCUT2D eigenvalue weighted by Crippen LogP contribution is -2.17. The molecule has 1 aromatic carbocycles. The molecule has 0 amide bonds. The van der Waals surface area contributed by atoms with Gasteiger partial charge < -0.3 is 4.74 Å². The highest BCUT2D eigenvalue weighted by Crippen LogP contribution is 2.32. The number of rotatable bonds is 1. The highest BCUT2D eigenvalue weighted by molar-refractivity contribution is 14.1.